The molecule has 0 aromatic carbocycles. The molecule has 2 atom stereocenters. The molecule has 0 aromatic rings. The molecule has 1 unspecified atom stereocenters. The van der Waals surface area contributed by atoms with Gasteiger partial charge in [0, 0.05) is 19.0 Å². The number of rotatable bonds is 1. The number of likely N-dealkylation sites (tertiary alicyclic amines) is 1. The molecule has 2 rings (SSSR count). The predicted octanol–water partition coefficient (Wildman–Crippen LogP) is 2.01. The van der Waals surface area contributed by atoms with E-state index in [9.17, 15) is 14.4 Å². The number of Topliss-reactive ketones (excluding diaryl/α,β-unsaturated/α-hetero) is 2. The Hall–Kier alpha value is -2.11. The second kappa shape index (κ2) is 5.94. The smallest absolute Gasteiger partial charge is 0.410 e. The maximum Gasteiger partial charge on any atom is 0.410 e. The van der Waals surface area contributed by atoms with Crippen molar-refractivity contribution in [3.63, 3.8) is 0 Å². The topological polar surface area (TPSA) is 83.9 Å². The molecule has 0 spiro atoms. The van der Waals surface area contributed by atoms with Gasteiger partial charge in [0.2, 0.25) is 11.6 Å². The van der Waals surface area contributed by atoms with E-state index < -0.39 is 29.2 Å². The molecule has 2 aliphatic rings. The molecule has 1 N–H and O–H groups in total. The highest BCUT2D eigenvalue weighted by atomic mass is 16.6. The Morgan fingerprint density at radius 2 is 2.09 bits per heavy atom. The number of aliphatic hydroxyl groups excluding tert-OH is 1. The van der Waals surface area contributed by atoms with Crippen LogP contribution >= 0.6 is 0 Å². The summed E-state index contributed by atoms with van der Waals surface area (Å²) in [6.07, 6.45) is 3.99. The van der Waals surface area contributed by atoms with E-state index in [0.717, 1.165) is 0 Å². The lowest BCUT2D eigenvalue weighted by Gasteiger charge is -2.25. The first kappa shape index (κ1) is 16.3. The molecule has 1 fully saturated rings. The average Bonchev–Trinajstić information content (AvgIpc) is 2.89. The third kappa shape index (κ3) is 3.37. The van der Waals surface area contributed by atoms with E-state index in [1.165, 1.54) is 6.08 Å². The molecule has 1 aliphatic carbocycles. The zero-order valence-corrected chi connectivity index (χ0v) is 13.0. The van der Waals surface area contributed by atoms with Gasteiger partial charge < -0.3 is 14.7 Å². The van der Waals surface area contributed by atoms with Crippen LogP contribution in [0.15, 0.2) is 24.0 Å². The number of carbonyl (C=O) groups excluding carboxylic acids is 3. The van der Waals surface area contributed by atoms with Crippen molar-refractivity contribution in [1.82, 2.24) is 4.90 Å². The Kier molecular flexibility index (Phi) is 4.39. The molecule has 1 saturated heterocycles. The Labute approximate surface area is 129 Å². The number of nitrogens with zero attached hydrogens (tertiary/aromatic N) is 1. The van der Waals surface area contributed by atoms with Crippen molar-refractivity contribution < 1.29 is 24.2 Å². The van der Waals surface area contributed by atoms with E-state index in [2.05, 4.69) is 0 Å². The van der Waals surface area contributed by atoms with Crippen LogP contribution in [0.3, 0.4) is 0 Å². The van der Waals surface area contributed by atoms with Gasteiger partial charge in [-0.1, -0.05) is 12.2 Å². The largest absolute Gasteiger partial charge is 0.515 e. The fourth-order valence-corrected chi connectivity index (χ4v) is 2.71. The minimum Gasteiger partial charge on any atom is -0.515 e. The van der Waals surface area contributed by atoms with Crippen molar-refractivity contribution in [2.75, 3.05) is 13.1 Å². The molecule has 0 bridgehead atoms. The highest BCUT2D eigenvalue weighted by Crippen LogP contribution is 2.30. The van der Waals surface area contributed by atoms with Crippen LogP contribution in [0.5, 0.6) is 0 Å². The molecule has 6 heteroatoms. The van der Waals surface area contributed by atoms with Crippen LogP contribution in [0.2, 0.25) is 0 Å². The molecule has 0 aromatic heterocycles. The summed E-state index contributed by atoms with van der Waals surface area (Å²) in [7, 11) is 0. The molecule has 0 radical (unpaired) electrons. The van der Waals surface area contributed by atoms with Crippen LogP contribution in [-0.4, -0.2) is 46.4 Å². The normalized spacial score (nSPS) is 27.6. The van der Waals surface area contributed by atoms with Gasteiger partial charge in [-0.3, -0.25) is 9.59 Å². The highest BCUT2D eigenvalue weighted by Gasteiger charge is 2.39. The van der Waals surface area contributed by atoms with Crippen molar-refractivity contribution in [2.24, 2.45) is 11.8 Å². The number of allylic oxidation sites excluding steroid dienone is 3. The number of hydrogen-bond donors (Lipinski definition) is 1. The van der Waals surface area contributed by atoms with Gasteiger partial charge in [0.05, 0.1) is 11.8 Å². The summed E-state index contributed by atoms with van der Waals surface area (Å²) in [6, 6.07) is 0. The van der Waals surface area contributed by atoms with E-state index in [1.54, 1.807) is 31.7 Å². The van der Waals surface area contributed by atoms with Gasteiger partial charge in [-0.15, -0.1) is 0 Å². The lowest BCUT2D eigenvalue weighted by Crippen LogP contribution is -2.37. The van der Waals surface area contributed by atoms with Crippen molar-refractivity contribution in [1.29, 1.82) is 0 Å². The minimum absolute atomic E-state index is 0.00300. The van der Waals surface area contributed by atoms with E-state index in [0.29, 0.717) is 25.8 Å². The molecular formula is C16H21NO5. The SMILES string of the molecule is CC(C)(C)OC(=O)N1CC[C@@H](C2C=CC(=CO)C(=O)C2=O)C1. The maximum atomic E-state index is 12.1. The zero-order valence-electron chi connectivity index (χ0n) is 13.0. The summed E-state index contributed by atoms with van der Waals surface area (Å²) >= 11 is 0. The number of ketones is 2. The Balaban J connectivity index is 2.03. The summed E-state index contributed by atoms with van der Waals surface area (Å²) in [6.45, 7) is 6.29. The van der Waals surface area contributed by atoms with Gasteiger partial charge in [0.25, 0.3) is 0 Å². The number of amides is 1. The molecule has 22 heavy (non-hydrogen) atoms. The Morgan fingerprint density at radius 3 is 2.68 bits per heavy atom. The van der Waals surface area contributed by atoms with Gasteiger partial charge >= 0.3 is 6.09 Å². The summed E-state index contributed by atoms with van der Waals surface area (Å²) in [5.74, 6) is -1.84. The maximum absolute atomic E-state index is 12.1. The van der Waals surface area contributed by atoms with Crippen LogP contribution in [0.25, 0.3) is 0 Å². The van der Waals surface area contributed by atoms with Gasteiger partial charge in [0.1, 0.15) is 5.60 Å². The van der Waals surface area contributed by atoms with Crippen LogP contribution in [0.4, 0.5) is 4.79 Å². The van der Waals surface area contributed by atoms with E-state index in [1.807, 2.05) is 0 Å². The van der Waals surface area contributed by atoms with Crippen molar-refractivity contribution in [2.45, 2.75) is 32.8 Å². The van der Waals surface area contributed by atoms with E-state index in [-0.39, 0.29) is 11.5 Å². The zero-order chi connectivity index (χ0) is 16.5. The average molecular weight is 307 g/mol. The minimum atomic E-state index is -0.675. The molecule has 1 amide bonds. The second-order valence-corrected chi connectivity index (χ2v) is 6.64. The van der Waals surface area contributed by atoms with Crippen LogP contribution in [0, 0.1) is 11.8 Å². The predicted molar refractivity (Wildman–Crippen MR) is 79.3 cm³/mol. The standard InChI is InChI=1S/C16H21NO5/c1-16(2,3)22-15(21)17-7-6-10(8-17)12-5-4-11(9-18)13(19)14(12)20/h4-5,9-10,12,18H,6-8H2,1-3H3/t10-,12?/m1/s1. The van der Waals surface area contributed by atoms with Crippen LogP contribution in [0.1, 0.15) is 27.2 Å². The monoisotopic (exact) mass is 307 g/mol. The summed E-state index contributed by atoms with van der Waals surface area (Å²) in [5.41, 5.74) is -0.560. The van der Waals surface area contributed by atoms with Gasteiger partial charge in [0.15, 0.2) is 0 Å². The molecule has 1 heterocycles. The molecule has 6 nitrogen and oxygen atoms in total. The fourth-order valence-electron chi connectivity index (χ4n) is 2.71. The summed E-state index contributed by atoms with van der Waals surface area (Å²) in [5, 5.41) is 8.90. The number of ether oxygens (including phenoxy) is 1. The first-order chi connectivity index (χ1) is 10.2. The van der Waals surface area contributed by atoms with E-state index >= 15 is 0 Å². The molecule has 0 saturated carbocycles. The number of carbonyl (C=O) groups is 3. The number of hydrogen-bond acceptors (Lipinski definition) is 5. The third-order valence-corrected chi connectivity index (χ3v) is 3.80. The Morgan fingerprint density at radius 1 is 1.41 bits per heavy atom. The summed E-state index contributed by atoms with van der Waals surface area (Å²) in [4.78, 5) is 37.5. The summed E-state index contributed by atoms with van der Waals surface area (Å²) < 4.78 is 5.31. The quantitative estimate of drug-likeness (QED) is 0.455. The van der Waals surface area contributed by atoms with E-state index in [4.69, 9.17) is 9.84 Å². The highest BCUT2D eigenvalue weighted by molar-refractivity contribution is 6.46. The van der Waals surface area contributed by atoms with Crippen molar-refractivity contribution >= 4 is 17.7 Å². The lowest BCUT2D eigenvalue weighted by atomic mass is 9.81. The Bertz CT molecular complexity index is 555. The second-order valence-electron chi connectivity index (χ2n) is 6.64. The van der Waals surface area contributed by atoms with Crippen LogP contribution in [-0.2, 0) is 14.3 Å². The van der Waals surface area contributed by atoms with Crippen molar-refractivity contribution in [3.05, 3.63) is 24.0 Å². The van der Waals surface area contributed by atoms with Gasteiger partial charge in [-0.25, -0.2) is 4.79 Å². The van der Waals surface area contributed by atoms with Gasteiger partial charge in [-0.2, -0.15) is 0 Å². The van der Waals surface area contributed by atoms with Crippen LogP contribution < -0.4 is 0 Å². The molecule has 1 aliphatic heterocycles. The first-order valence-corrected chi connectivity index (χ1v) is 7.32. The van der Waals surface area contributed by atoms with Crippen molar-refractivity contribution in [3.8, 4) is 0 Å². The fraction of sp³-hybridized carbons (Fsp3) is 0.562. The molecular weight excluding hydrogens is 286 g/mol. The lowest BCUT2D eigenvalue weighted by molar-refractivity contribution is -0.137. The number of aliphatic hydroxyl groups is 1. The van der Waals surface area contributed by atoms with Gasteiger partial charge in [-0.05, 0) is 33.1 Å². The third-order valence-electron chi connectivity index (χ3n) is 3.80. The first-order valence-electron chi connectivity index (χ1n) is 7.32. The molecule has 120 valence electrons.